The van der Waals surface area contributed by atoms with Gasteiger partial charge in [-0.25, -0.2) is 8.42 Å². The molecule has 1 aromatic carbocycles. The number of aliphatic hydroxyl groups excluding tert-OH is 1. The fourth-order valence-electron chi connectivity index (χ4n) is 4.41. The van der Waals surface area contributed by atoms with E-state index in [1.165, 1.54) is 18.4 Å². The minimum absolute atomic E-state index is 0.100. The number of aliphatic hydroxyl groups is 1. The average molecular weight is 380 g/mol. The fourth-order valence-corrected chi connectivity index (χ4v) is 6.88. The van der Waals surface area contributed by atoms with Gasteiger partial charge in [0, 0.05) is 19.2 Å². The van der Waals surface area contributed by atoms with Crippen molar-refractivity contribution in [2.24, 2.45) is 11.8 Å². The van der Waals surface area contributed by atoms with Gasteiger partial charge in [-0.2, -0.15) is 0 Å². The van der Waals surface area contributed by atoms with E-state index in [-0.39, 0.29) is 24.3 Å². The third-order valence-corrected chi connectivity index (χ3v) is 8.86. The van der Waals surface area contributed by atoms with Crippen LogP contribution in [0.15, 0.2) is 24.3 Å². The molecule has 1 heterocycles. The van der Waals surface area contributed by atoms with Crippen molar-refractivity contribution in [1.82, 2.24) is 5.32 Å². The molecule has 1 spiro atoms. The van der Waals surface area contributed by atoms with Gasteiger partial charge in [-0.3, -0.25) is 0 Å². The smallest absolute Gasteiger partial charge is 0.156 e. The van der Waals surface area contributed by atoms with Crippen LogP contribution in [0.2, 0.25) is 0 Å². The van der Waals surface area contributed by atoms with Crippen LogP contribution in [-0.2, 0) is 16.4 Å². The predicted molar refractivity (Wildman–Crippen MR) is 101 cm³/mol. The van der Waals surface area contributed by atoms with Crippen LogP contribution in [0.5, 0.6) is 5.75 Å². The van der Waals surface area contributed by atoms with Crippen LogP contribution in [0.25, 0.3) is 0 Å². The molecule has 2 saturated carbocycles. The van der Waals surface area contributed by atoms with Gasteiger partial charge < -0.3 is 15.2 Å². The summed E-state index contributed by atoms with van der Waals surface area (Å²) >= 11 is 0. The van der Waals surface area contributed by atoms with Crippen LogP contribution >= 0.6 is 0 Å². The van der Waals surface area contributed by atoms with Crippen LogP contribution in [0.3, 0.4) is 0 Å². The summed E-state index contributed by atoms with van der Waals surface area (Å²) in [6.07, 6.45) is 5.15. The van der Waals surface area contributed by atoms with Crippen LogP contribution in [0.4, 0.5) is 0 Å². The number of hydrogen-bond acceptors (Lipinski definition) is 5. The van der Waals surface area contributed by atoms with Gasteiger partial charge in [0.25, 0.3) is 0 Å². The molecule has 1 atom stereocenters. The van der Waals surface area contributed by atoms with E-state index in [0.717, 1.165) is 24.8 Å². The van der Waals surface area contributed by atoms with Crippen LogP contribution in [0.1, 0.15) is 44.1 Å². The zero-order valence-corrected chi connectivity index (χ0v) is 16.0. The summed E-state index contributed by atoms with van der Waals surface area (Å²) in [4.78, 5) is 0. The van der Waals surface area contributed by atoms with Gasteiger partial charge in [0.15, 0.2) is 9.84 Å². The van der Waals surface area contributed by atoms with Crippen molar-refractivity contribution in [1.29, 1.82) is 0 Å². The molecular formula is C20H29NO4S. The van der Waals surface area contributed by atoms with E-state index in [0.29, 0.717) is 25.7 Å². The van der Waals surface area contributed by atoms with Gasteiger partial charge in [0.05, 0.1) is 17.1 Å². The summed E-state index contributed by atoms with van der Waals surface area (Å²) in [6.45, 7) is 1.64. The van der Waals surface area contributed by atoms with E-state index in [4.69, 9.17) is 4.74 Å². The van der Waals surface area contributed by atoms with E-state index in [1.54, 1.807) is 0 Å². The number of nitrogens with one attached hydrogen (secondary N) is 1. The van der Waals surface area contributed by atoms with Gasteiger partial charge in [-0.15, -0.1) is 0 Å². The van der Waals surface area contributed by atoms with Gasteiger partial charge in [0.2, 0.25) is 0 Å². The summed E-state index contributed by atoms with van der Waals surface area (Å²) in [5, 5.41) is 12.8. The molecule has 26 heavy (non-hydrogen) atoms. The SMILES string of the molecule is O=S1(=O)CCC(NCc2cccc(OCC3CC3)c2)CC12CC(CO)C2. The Labute approximate surface area is 156 Å². The molecule has 0 amide bonds. The standard InChI is InChI=1S/C20H29NO4S/c22-13-17-9-20(10-17)11-18(6-7-26(20,23)24)21-12-16-2-1-3-19(8-16)25-14-15-4-5-15/h1-3,8,15,17-18,21-22H,4-7,9-14H2. The Balaban J connectivity index is 1.32. The Kier molecular flexibility index (Phi) is 5.01. The molecule has 2 aliphatic carbocycles. The summed E-state index contributed by atoms with van der Waals surface area (Å²) < 4.78 is 30.3. The highest BCUT2D eigenvalue weighted by Gasteiger charge is 2.56. The first-order valence-electron chi connectivity index (χ1n) is 9.78. The predicted octanol–water partition coefficient (Wildman–Crippen LogP) is 2.28. The van der Waals surface area contributed by atoms with Crippen molar-refractivity contribution >= 4 is 9.84 Å². The first-order chi connectivity index (χ1) is 12.5. The van der Waals surface area contributed by atoms with Gasteiger partial charge >= 0.3 is 0 Å². The van der Waals surface area contributed by atoms with Crippen LogP contribution < -0.4 is 10.1 Å². The Morgan fingerprint density at radius 3 is 2.69 bits per heavy atom. The maximum absolute atomic E-state index is 12.5. The lowest BCUT2D eigenvalue weighted by atomic mass is 9.71. The van der Waals surface area contributed by atoms with Gasteiger partial charge in [-0.05, 0) is 68.1 Å². The van der Waals surface area contributed by atoms with Crippen molar-refractivity contribution in [3.05, 3.63) is 29.8 Å². The number of rotatable bonds is 7. The molecule has 0 bridgehead atoms. The Hall–Kier alpha value is -1.11. The summed E-state index contributed by atoms with van der Waals surface area (Å²) in [5.74, 6) is 2.07. The second-order valence-electron chi connectivity index (χ2n) is 8.43. The molecule has 1 unspecified atom stereocenters. The van der Waals surface area contributed by atoms with Crippen molar-refractivity contribution in [2.45, 2.75) is 55.9 Å². The number of hydrogen-bond donors (Lipinski definition) is 2. The molecule has 3 fully saturated rings. The lowest BCUT2D eigenvalue weighted by Crippen LogP contribution is -2.58. The zero-order chi connectivity index (χ0) is 18.2. The highest BCUT2D eigenvalue weighted by Crippen LogP contribution is 2.49. The largest absolute Gasteiger partial charge is 0.493 e. The molecule has 6 heteroatoms. The normalized spacial score (nSPS) is 33.0. The molecule has 5 nitrogen and oxygen atoms in total. The Morgan fingerprint density at radius 1 is 1.15 bits per heavy atom. The van der Waals surface area contributed by atoms with E-state index >= 15 is 0 Å². The number of sulfone groups is 1. The molecule has 1 aromatic rings. The maximum atomic E-state index is 12.5. The lowest BCUT2D eigenvalue weighted by molar-refractivity contribution is 0.106. The van der Waals surface area contributed by atoms with Crippen molar-refractivity contribution in [3.8, 4) is 5.75 Å². The zero-order valence-electron chi connectivity index (χ0n) is 15.2. The van der Waals surface area contributed by atoms with Crippen molar-refractivity contribution < 1.29 is 18.3 Å². The molecule has 0 radical (unpaired) electrons. The highest BCUT2D eigenvalue weighted by molar-refractivity contribution is 7.92. The first-order valence-corrected chi connectivity index (χ1v) is 11.4. The van der Waals surface area contributed by atoms with E-state index in [2.05, 4.69) is 17.4 Å². The topological polar surface area (TPSA) is 75.6 Å². The molecule has 1 saturated heterocycles. The monoisotopic (exact) mass is 379 g/mol. The molecule has 4 rings (SSSR count). The number of ether oxygens (including phenoxy) is 1. The summed E-state index contributed by atoms with van der Waals surface area (Å²) in [7, 11) is -3.03. The molecule has 2 N–H and O–H groups in total. The molecule has 0 aromatic heterocycles. The highest BCUT2D eigenvalue weighted by atomic mass is 32.2. The first kappa shape index (κ1) is 18.3. The van der Waals surface area contributed by atoms with E-state index < -0.39 is 14.6 Å². The second kappa shape index (κ2) is 7.13. The second-order valence-corrected chi connectivity index (χ2v) is 10.9. The summed E-state index contributed by atoms with van der Waals surface area (Å²) in [5.41, 5.74) is 1.17. The molecule has 144 valence electrons. The van der Waals surface area contributed by atoms with Gasteiger partial charge in [0.1, 0.15) is 5.75 Å². The maximum Gasteiger partial charge on any atom is 0.156 e. The Bertz CT molecular complexity index is 738. The molecule has 1 aliphatic heterocycles. The molecule has 3 aliphatic rings. The number of benzene rings is 1. The van der Waals surface area contributed by atoms with Crippen molar-refractivity contribution in [2.75, 3.05) is 19.0 Å². The fraction of sp³-hybridized carbons (Fsp3) is 0.700. The lowest BCUT2D eigenvalue weighted by Gasteiger charge is -2.50. The van der Waals surface area contributed by atoms with Crippen molar-refractivity contribution in [3.63, 3.8) is 0 Å². The third-order valence-electron chi connectivity index (χ3n) is 6.27. The van der Waals surface area contributed by atoms with Crippen LogP contribution in [0, 0.1) is 11.8 Å². The van der Waals surface area contributed by atoms with E-state index in [9.17, 15) is 13.5 Å². The minimum Gasteiger partial charge on any atom is -0.493 e. The Morgan fingerprint density at radius 2 is 1.96 bits per heavy atom. The van der Waals surface area contributed by atoms with Crippen LogP contribution in [-0.4, -0.2) is 43.3 Å². The quantitative estimate of drug-likeness (QED) is 0.760. The molecular weight excluding hydrogens is 350 g/mol. The van der Waals surface area contributed by atoms with E-state index in [1.807, 2.05) is 12.1 Å². The average Bonchev–Trinajstić information content (AvgIpc) is 3.42. The minimum atomic E-state index is -3.03. The third kappa shape index (κ3) is 3.78. The van der Waals surface area contributed by atoms with Gasteiger partial charge in [-0.1, -0.05) is 12.1 Å². The summed E-state index contributed by atoms with van der Waals surface area (Å²) in [6, 6.07) is 8.39.